The third kappa shape index (κ3) is 2.05. The smallest absolute Gasteiger partial charge is 0.224 e. The summed E-state index contributed by atoms with van der Waals surface area (Å²) >= 11 is 0. The molecule has 0 radical (unpaired) electrons. The quantitative estimate of drug-likeness (QED) is 0.708. The van der Waals surface area contributed by atoms with Crippen molar-refractivity contribution in [2.45, 2.75) is 13.3 Å². The maximum Gasteiger partial charge on any atom is 0.224 e. The largest absolute Gasteiger partial charge is 0.508 e. The highest BCUT2D eigenvalue weighted by atomic mass is 19.1. The topological polar surface area (TPSA) is 46.3 Å². The summed E-state index contributed by atoms with van der Waals surface area (Å²) in [6.45, 7) is 1.92. The van der Waals surface area contributed by atoms with Crippen LogP contribution in [0.2, 0.25) is 0 Å². The van der Waals surface area contributed by atoms with Gasteiger partial charge in [0.2, 0.25) is 5.95 Å². The maximum absolute atomic E-state index is 13.9. The molecule has 0 spiro atoms. The molecule has 96 valence electrons. The highest BCUT2D eigenvalue weighted by Crippen LogP contribution is 2.30. The molecule has 3 rings (SSSR count). The summed E-state index contributed by atoms with van der Waals surface area (Å²) in [5.74, 6) is 0.0238. The molecule has 0 saturated heterocycles. The zero-order valence-corrected chi connectivity index (χ0v) is 10.4. The van der Waals surface area contributed by atoms with Crippen molar-refractivity contribution < 1.29 is 13.9 Å². The van der Waals surface area contributed by atoms with Gasteiger partial charge in [0.15, 0.2) is 0 Å². The summed E-state index contributed by atoms with van der Waals surface area (Å²) in [6.07, 6.45) is 0.686. The van der Waals surface area contributed by atoms with Gasteiger partial charge in [-0.05, 0) is 42.8 Å². The van der Waals surface area contributed by atoms with Crippen molar-refractivity contribution in [3.63, 3.8) is 0 Å². The fourth-order valence-corrected chi connectivity index (χ4v) is 2.02. The van der Waals surface area contributed by atoms with Crippen LogP contribution in [0.3, 0.4) is 0 Å². The van der Waals surface area contributed by atoms with Gasteiger partial charge in [0.25, 0.3) is 0 Å². The van der Waals surface area contributed by atoms with Crippen LogP contribution in [0.5, 0.6) is 5.75 Å². The van der Waals surface area contributed by atoms with Gasteiger partial charge in [-0.3, -0.25) is 0 Å². The minimum atomic E-state index is -0.539. The summed E-state index contributed by atoms with van der Waals surface area (Å²) in [5, 5.41) is 10.1. The Morgan fingerprint density at radius 2 is 2.05 bits per heavy atom. The summed E-state index contributed by atoms with van der Waals surface area (Å²) in [6, 6.07) is 9.90. The molecule has 0 unspecified atom stereocenters. The predicted octanol–water partition coefficient (Wildman–Crippen LogP) is 3.90. The van der Waals surface area contributed by atoms with Crippen molar-refractivity contribution in [2.24, 2.45) is 0 Å². The second-order valence-corrected chi connectivity index (χ2v) is 4.33. The van der Waals surface area contributed by atoms with Crippen molar-refractivity contribution in [3.05, 3.63) is 48.0 Å². The van der Waals surface area contributed by atoms with Crippen molar-refractivity contribution in [1.29, 1.82) is 0 Å². The molecule has 0 saturated carbocycles. The van der Waals surface area contributed by atoms with E-state index in [0.717, 1.165) is 5.39 Å². The second-order valence-electron chi connectivity index (χ2n) is 4.33. The first-order valence-corrected chi connectivity index (χ1v) is 6.05. The Kier molecular flexibility index (Phi) is 2.71. The first-order chi connectivity index (χ1) is 9.17. The molecule has 3 nitrogen and oxygen atoms in total. The summed E-state index contributed by atoms with van der Waals surface area (Å²) < 4.78 is 19.5. The highest BCUT2D eigenvalue weighted by molar-refractivity contribution is 5.83. The fraction of sp³-hybridized carbons (Fsp3) is 0.133. The Bertz CT molecular complexity index is 749. The van der Waals surface area contributed by atoms with Crippen LogP contribution in [-0.4, -0.2) is 10.1 Å². The molecule has 1 aromatic carbocycles. The van der Waals surface area contributed by atoms with Crippen molar-refractivity contribution in [1.82, 2.24) is 4.98 Å². The van der Waals surface area contributed by atoms with Crippen molar-refractivity contribution in [2.75, 3.05) is 0 Å². The molecule has 0 amide bonds. The second kappa shape index (κ2) is 4.39. The maximum atomic E-state index is 13.9. The van der Waals surface area contributed by atoms with E-state index in [1.54, 1.807) is 30.3 Å². The number of nitrogens with zero attached hydrogens (tertiary/aromatic N) is 1. The lowest BCUT2D eigenvalue weighted by atomic mass is 10.1. The standard InChI is InChI=1S/C15H12FNO2/c1-2-10-3-5-12(15(16)17-10)14-8-9-7-11(18)4-6-13(9)19-14/h3-8,18H,2H2,1H3. The van der Waals surface area contributed by atoms with Crippen molar-refractivity contribution >= 4 is 11.0 Å². The van der Waals surface area contributed by atoms with Crippen LogP contribution in [0.1, 0.15) is 12.6 Å². The van der Waals surface area contributed by atoms with E-state index in [1.165, 1.54) is 6.07 Å². The molecular weight excluding hydrogens is 245 g/mol. The van der Waals surface area contributed by atoms with Crippen LogP contribution in [0.25, 0.3) is 22.3 Å². The molecule has 0 aliphatic carbocycles. The molecule has 2 heterocycles. The lowest BCUT2D eigenvalue weighted by Gasteiger charge is -2.00. The van der Waals surface area contributed by atoms with E-state index in [0.29, 0.717) is 29.0 Å². The molecule has 0 aliphatic heterocycles. The van der Waals surface area contributed by atoms with Crippen LogP contribution in [-0.2, 0) is 6.42 Å². The molecule has 0 bridgehead atoms. The average Bonchev–Trinajstić information content (AvgIpc) is 2.81. The van der Waals surface area contributed by atoms with Crippen molar-refractivity contribution in [3.8, 4) is 17.1 Å². The van der Waals surface area contributed by atoms with E-state index >= 15 is 0 Å². The van der Waals surface area contributed by atoms with Gasteiger partial charge >= 0.3 is 0 Å². The van der Waals surface area contributed by atoms with Gasteiger partial charge in [-0.15, -0.1) is 0 Å². The molecule has 19 heavy (non-hydrogen) atoms. The monoisotopic (exact) mass is 257 g/mol. The van der Waals surface area contributed by atoms with E-state index in [-0.39, 0.29) is 5.75 Å². The molecule has 2 aromatic heterocycles. The molecule has 0 atom stereocenters. The number of halogens is 1. The van der Waals surface area contributed by atoms with Crippen LogP contribution < -0.4 is 0 Å². The number of phenols is 1. The molecule has 4 heteroatoms. The molecule has 0 fully saturated rings. The number of aromatic nitrogens is 1. The number of hydrogen-bond acceptors (Lipinski definition) is 3. The number of rotatable bonds is 2. The Morgan fingerprint density at radius 1 is 1.21 bits per heavy atom. The number of furan rings is 1. The van der Waals surface area contributed by atoms with E-state index in [1.807, 2.05) is 6.92 Å². The normalized spacial score (nSPS) is 11.1. The van der Waals surface area contributed by atoms with Gasteiger partial charge in [0.05, 0.1) is 5.56 Å². The van der Waals surface area contributed by atoms with Gasteiger partial charge in [0.1, 0.15) is 17.1 Å². The number of phenolic OH excluding ortho intramolecular Hbond substituents is 1. The van der Waals surface area contributed by atoms with Crippen LogP contribution in [0.15, 0.2) is 40.8 Å². The van der Waals surface area contributed by atoms with E-state index in [2.05, 4.69) is 4.98 Å². The van der Waals surface area contributed by atoms with Crippen LogP contribution in [0.4, 0.5) is 4.39 Å². The number of aromatic hydroxyl groups is 1. The number of fused-ring (bicyclic) bond motifs is 1. The number of pyridine rings is 1. The highest BCUT2D eigenvalue weighted by Gasteiger charge is 2.12. The summed E-state index contributed by atoms with van der Waals surface area (Å²) in [4.78, 5) is 3.88. The molecule has 1 N–H and O–H groups in total. The van der Waals surface area contributed by atoms with Gasteiger partial charge < -0.3 is 9.52 Å². The Morgan fingerprint density at radius 3 is 2.79 bits per heavy atom. The van der Waals surface area contributed by atoms with Gasteiger partial charge in [-0.2, -0.15) is 4.39 Å². The lowest BCUT2D eigenvalue weighted by Crippen LogP contribution is -1.93. The zero-order valence-electron chi connectivity index (χ0n) is 10.4. The van der Waals surface area contributed by atoms with Crippen LogP contribution in [0, 0.1) is 5.95 Å². The number of aryl methyl sites for hydroxylation is 1. The lowest BCUT2D eigenvalue weighted by molar-refractivity contribution is 0.476. The summed E-state index contributed by atoms with van der Waals surface area (Å²) in [5.41, 5.74) is 1.63. The van der Waals surface area contributed by atoms with Crippen LogP contribution >= 0.6 is 0 Å². The van der Waals surface area contributed by atoms with Gasteiger partial charge in [-0.1, -0.05) is 6.92 Å². The third-order valence-electron chi connectivity index (χ3n) is 3.03. The van der Waals surface area contributed by atoms with E-state index in [4.69, 9.17) is 4.42 Å². The SMILES string of the molecule is CCc1ccc(-c2cc3cc(O)ccc3o2)c(F)n1. The Hall–Kier alpha value is -2.36. The summed E-state index contributed by atoms with van der Waals surface area (Å²) in [7, 11) is 0. The molecular formula is C15H12FNO2. The van der Waals surface area contributed by atoms with E-state index in [9.17, 15) is 9.50 Å². The average molecular weight is 257 g/mol. The Labute approximate surface area is 109 Å². The minimum absolute atomic E-state index is 0.153. The van der Waals surface area contributed by atoms with Gasteiger partial charge in [0, 0.05) is 11.1 Å². The molecule has 3 aromatic rings. The Balaban J connectivity index is 2.13. The van der Waals surface area contributed by atoms with E-state index < -0.39 is 5.95 Å². The fourth-order valence-electron chi connectivity index (χ4n) is 2.02. The van der Waals surface area contributed by atoms with Gasteiger partial charge in [-0.25, -0.2) is 4.98 Å². The number of benzene rings is 1. The first kappa shape index (κ1) is 11.7. The number of hydrogen-bond donors (Lipinski definition) is 1. The molecule has 0 aliphatic rings. The zero-order chi connectivity index (χ0) is 13.4. The third-order valence-corrected chi connectivity index (χ3v) is 3.03. The predicted molar refractivity (Wildman–Crippen MR) is 70.4 cm³/mol. The first-order valence-electron chi connectivity index (χ1n) is 6.05. The minimum Gasteiger partial charge on any atom is -0.508 e.